The number of nitrogens with one attached hydrogen (secondary N) is 2. The largest absolute Gasteiger partial charge is 0.358 e. The van der Waals surface area contributed by atoms with E-state index in [9.17, 15) is 0 Å². The maximum Gasteiger partial charge on any atom is 0.0462 e. The molecule has 2 heteroatoms. The van der Waals surface area contributed by atoms with E-state index in [1.54, 1.807) is 0 Å². The molecule has 1 aromatic carbocycles. The number of H-pyrrole nitrogens is 1. The lowest BCUT2D eigenvalue weighted by Crippen LogP contribution is -2.22. The number of aromatic nitrogens is 1. The Hall–Kier alpha value is -1.28. The van der Waals surface area contributed by atoms with Crippen LogP contribution in [0.1, 0.15) is 30.7 Å². The molecule has 2 N–H and O–H groups in total. The summed E-state index contributed by atoms with van der Waals surface area (Å²) >= 11 is 0. The van der Waals surface area contributed by atoms with Gasteiger partial charge in [0, 0.05) is 36.1 Å². The minimum Gasteiger partial charge on any atom is -0.358 e. The summed E-state index contributed by atoms with van der Waals surface area (Å²) in [4.78, 5) is 3.52. The van der Waals surface area contributed by atoms with Crippen LogP contribution in [0.2, 0.25) is 0 Å². The average Bonchev–Trinajstić information content (AvgIpc) is 2.68. The minimum absolute atomic E-state index is 1.01. The van der Waals surface area contributed by atoms with Crippen molar-refractivity contribution in [3.8, 4) is 0 Å². The molecule has 16 heavy (non-hydrogen) atoms. The fraction of sp³-hybridized carbons (Fsp3) is 0.429. The van der Waals surface area contributed by atoms with Crippen LogP contribution in [0.3, 0.4) is 0 Å². The van der Waals surface area contributed by atoms with Crippen LogP contribution in [0.25, 0.3) is 10.9 Å². The number of aromatic amines is 1. The predicted octanol–water partition coefficient (Wildman–Crippen LogP) is 3.15. The third-order valence-electron chi connectivity index (χ3n) is 3.00. The lowest BCUT2D eigenvalue weighted by Gasteiger charge is -2.12. The molecule has 1 aromatic heterocycles. The molecule has 0 saturated carbocycles. The molecule has 1 aliphatic rings. The van der Waals surface area contributed by atoms with Crippen molar-refractivity contribution in [2.45, 2.75) is 33.7 Å². The molecule has 0 spiro atoms. The summed E-state index contributed by atoms with van der Waals surface area (Å²) in [5.41, 5.74) is 5.50. The van der Waals surface area contributed by atoms with Gasteiger partial charge in [0.05, 0.1) is 0 Å². The first kappa shape index (κ1) is 11.2. The SMILES string of the molecule is CC.Cc1ccc2c3c([nH]c2c1)CCNC3. The van der Waals surface area contributed by atoms with Gasteiger partial charge in [-0.1, -0.05) is 26.0 Å². The highest BCUT2D eigenvalue weighted by molar-refractivity contribution is 5.85. The summed E-state index contributed by atoms with van der Waals surface area (Å²) in [6.45, 7) is 8.24. The number of fused-ring (bicyclic) bond motifs is 3. The Bertz CT molecular complexity index is 483. The molecule has 2 aromatic rings. The van der Waals surface area contributed by atoms with E-state index in [1.807, 2.05) is 13.8 Å². The van der Waals surface area contributed by atoms with Gasteiger partial charge in [-0.05, 0) is 24.1 Å². The zero-order chi connectivity index (χ0) is 11.5. The standard InChI is InChI=1S/C12H14N2.C2H6/c1-8-2-3-9-10-7-13-5-4-11(10)14-12(9)6-8;1-2/h2-3,6,13-14H,4-5,7H2,1H3;1-2H3. The van der Waals surface area contributed by atoms with E-state index in [2.05, 4.69) is 35.4 Å². The van der Waals surface area contributed by atoms with Crippen molar-refractivity contribution in [3.05, 3.63) is 35.0 Å². The van der Waals surface area contributed by atoms with Crippen molar-refractivity contribution >= 4 is 10.9 Å². The van der Waals surface area contributed by atoms with Crippen LogP contribution in [-0.2, 0) is 13.0 Å². The summed E-state index contributed by atoms with van der Waals surface area (Å²) in [6, 6.07) is 6.64. The Morgan fingerprint density at radius 1 is 1.19 bits per heavy atom. The zero-order valence-corrected chi connectivity index (χ0v) is 10.4. The van der Waals surface area contributed by atoms with Crippen molar-refractivity contribution in [3.63, 3.8) is 0 Å². The minimum atomic E-state index is 1.01. The van der Waals surface area contributed by atoms with Gasteiger partial charge in [-0.3, -0.25) is 0 Å². The molecule has 3 rings (SSSR count). The van der Waals surface area contributed by atoms with E-state index >= 15 is 0 Å². The van der Waals surface area contributed by atoms with Gasteiger partial charge < -0.3 is 10.3 Å². The Kier molecular flexibility index (Phi) is 3.30. The second-order valence-electron chi connectivity index (χ2n) is 4.06. The van der Waals surface area contributed by atoms with Gasteiger partial charge in [0.1, 0.15) is 0 Å². The van der Waals surface area contributed by atoms with Crippen molar-refractivity contribution in [1.82, 2.24) is 10.3 Å². The molecule has 0 atom stereocenters. The summed E-state index contributed by atoms with van der Waals surface area (Å²) in [5.74, 6) is 0. The highest BCUT2D eigenvalue weighted by atomic mass is 14.9. The Morgan fingerprint density at radius 2 is 2.00 bits per heavy atom. The molecule has 2 heterocycles. The monoisotopic (exact) mass is 216 g/mol. The van der Waals surface area contributed by atoms with Crippen LogP contribution < -0.4 is 5.32 Å². The number of aryl methyl sites for hydroxylation is 1. The number of rotatable bonds is 0. The van der Waals surface area contributed by atoms with Gasteiger partial charge in [-0.2, -0.15) is 0 Å². The highest BCUT2D eigenvalue weighted by Gasteiger charge is 2.14. The third kappa shape index (κ3) is 1.85. The highest BCUT2D eigenvalue weighted by Crippen LogP contribution is 2.25. The van der Waals surface area contributed by atoms with Crippen molar-refractivity contribution in [2.24, 2.45) is 0 Å². The molecule has 86 valence electrons. The molecule has 0 fully saturated rings. The van der Waals surface area contributed by atoms with Crippen LogP contribution >= 0.6 is 0 Å². The molecule has 2 nitrogen and oxygen atoms in total. The quantitative estimate of drug-likeness (QED) is 0.695. The van der Waals surface area contributed by atoms with Crippen LogP contribution in [0, 0.1) is 6.92 Å². The van der Waals surface area contributed by atoms with E-state index in [1.165, 1.54) is 27.7 Å². The summed E-state index contributed by atoms with van der Waals surface area (Å²) in [7, 11) is 0. The van der Waals surface area contributed by atoms with Gasteiger partial charge in [-0.15, -0.1) is 0 Å². The second-order valence-corrected chi connectivity index (χ2v) is 4.06. The van der Waals surface area contributed by atoms with Gasteiger partial charge in [0.2, 0.25) is 0 Å². The van der Waals surface area contributed by atoms with E-state index in [0.29, 0.717) is 0 Å². The zero-order valence-electron chi connectivity index (χ0n) is 10.4. The number of hydrogen-bond donors (Lipinski definition) is 2. The maximum absolute atomic E-state index is 3.52. The third-order valence-corrected chi connectivity index (χ3v) is 3.00. The van der Waals surface area contributed by atoms with Crippen molar-refractivity contribution in [1.29, 1.82) is 0 Å². The second kappa shape index (κ2) is 4.71. The van der Waals surface area contributed by atoms with E-state index in [-0.39, 0.29) is 0 Å². The molecule has 0 bridgehead atoms. The number of benzene rings is 1. The fourth-order valence-corrected chi connectivity index (χ4v) is 2.27. The summed E-state index contributed by atoms with van der Waals surface area (Å²) < 4.78 is 0. The van der Waals surface area contributed by atoms with Gasteiger partial charge in [0.15, 0.2) is 0 Å². The molecular weight excluding hydrogens is 196 g/mol. The Labute approximate surface area is 97.1 Å². The lowest BCUT2D eigenvalue weighted by molar-refractivity contribution is 0.641. The normalized spacial score (nSPS) is 14.2. The molecule has 0 saturated heterocycles. The Morgan fingerprint density at radius 3 is 2.81 bits per heavy atom. The Balaban J connectivity index is 0.000000457. The van der Waals surface area contributed by atoms with Gasteiger partial charge in [0.25, 0.3) is 0 Å². The van der Waals surface area contributed by atoms with Crippen LogP contribution in [0.4, 0.5) is 0 Å². The fourth-order valence-electron chi connectivity index (χ4n) is 2.27. The van der Waals surface area contributed by atoms with Crippen LogP contribution in [0.15, 0.2) is 18.2 Å². The van der Waals surface area contributed by atoms with Crippen LogP contribution in [0.5, 0.6) is 0 Å². The van der Waals surface area contributed by atoms with E-state index in [0.717, 1.165) is 19.5 Å². The topological polar surface area (TPSA) is 27.8 Å². The molecule has 0 aliphatic carbocycles. The van der Waals surface area contributed by atoms with Crippen molar-refractivity contribution < 1.29 is 0 Å². The molecule has 0 unspecified atom stereocenters. The summed E-state index contributed by atoms with van der Waals surface area (Å²) in [6.07, 6.45) is 1.13. The molecule has 0 amide bonds. The smallest absolute Gasteiger partial charge is 0.0462 e. The summed E-state index contributed by atoms with van der Waals surface area (Å²) in [5, 5.41) is 4.80. The van der Waals surface area contributed by atoms with Crippen LogP contribution in [-0.4, -0.2) is 11.5 Å². The first-order valence-corrected chi connectivity index (χ1v) is 6.15. The molecule has 1 aliphatic heterocycles. The number of hydrogen-bond acceptors (Lipinski definition) is 1. The van der Waals surface area contributed by atoms with E-state index in [4.69, 9.17) is 0 Å². The van der Waals surface area contributed by atoms with Crippen molar-refractivity contribution in [2.75, 3.05) is 6.54 Å². The first-order chi connectivity index (χ1) is 7.84. The molecular formula is C14H20N2. The predicted molar refractivity (Wildman–Crippen MR) is 69.8 cm³/mol. The molecule has 0 radical (unpaired) electrons. The average molecular weight is 216 g/mol. The first-order valence-electron chi connectivity index (χ1n) is 6.15. The van der Waals surface area contributed by atoms with E-state index < -0.39 is 0 Å². The van der Waals surface area contributed by atoms with Gasteiger partial charge in [-0.25, -0.2) is 0 Å². The lowest BCUT2D eigenvalue weighted by atomic mass is 10.1. The van der Waals surface area contributed by atoms with Gasteiger partial charge >= 0.3 is 0 Å². The maximum atomic E-state index is 3.52.